The van der Waals surface area contributed by atoms with Crippen LogP contribution in [0.25, 0.3) is 0 Å². The third-order valence-electron chi connectivity index (χ3n) is 4.12. The molecule has 0 N–H and O–H groups in total. The van der Waals surface area contributed by atoms with Gasteiger partial charge >= 0.3 is 5.92 Å². The molecule has 0 aliphatic heterocycles. The molecule has 4 heteroatoms. The third-order valence-corrected chi connectivity index (χ3v) is 8.46. The number of alkyl halides is 2. The Hall–Kier alpha value is -1.42. The highest BCUT2D eigenvalue weighted by Gasteiger charge is 2.43. The maximum atomic E-state index is 14.1. The van der Waals surface area contributed by atoms with E-state index in [2.05, 4.69) is 6.58 Å². The van der Waals surface area contributed by atoms with E-state index >= 15 is 0 Å². The lowest BCUT2D eigenvalue weighted by Crippen LogP contribution is -2.42. The topological polar surface area (TPSA) is 9.23 Å². The number of rotatable bonds is 6. The molecule has 122 valence electrons. The van der Waals surface area contributed by atoms with Gasteiger partial charge in [-0.3, -0.25) is 0 Å². The van der Waals surface area contributed by atoms with Crippen molar-refractivity contribution in [1.29, 1.82) is 0 Å². The summed E-state index contributed by atoms with van der Waals surface area (Å²) in [5.41, 5.74) is 0.971. The van der Waals surface area contributed by atoms with E-state index in [4.69, 9.17) is 4.43 Å². The minimum Gasteiger partial charge on any atom is -0.542 e. The predicted octanol–water partition coefficient (Wildman–Crippen LogP) is 5.96. The molecule has 0 amide bonds. The number of allylic oxidation sites excluding steroid dienone is 2. The van der Waals surface area contributed by atoms with Gasteiger partial charge in [0.2, 0.25) is 8.32 Å². The molecule has 0 saturated carbocycles. The normalized spacial score (nSPS) is 13.9. The Bertz CT molecular complexity index is 528. The standard InChI is InChI=1S/C18H26F2OSi/c1-7-18(19,20)16(21-22(5,6)17(2,3)4)14-13-15-11-9-8-10-12-15/h7-12,14H,1,13H2,2-6H3. The molecule has 0 aliphatic carbocycles. The van der Waals surface area contributed by atoms with Crippen molar-refractivity contribution in [2.45, 2.75) is 51.2 Å². The zero-order chi connectivity index (χ0) is 17.0. The number of hydrogen-bond donors (Lipinski definition) is 0. The molecule has 1 rings (SSSR count). The van der Waals surface area contributed by atoms with Crippen LogP contribution in [0.1, 0.15) is 26.3 Å². The summed E-state index contributed by atoms with van der Waals surface area (Å²) in [4.78, 5) is 0. The molecule has 0 aliphatic rings. The molecular weight excluding hydrogens is 298 g/mol. The first kappa shape index (κ1) is 18.6. The van der Waals surface area contributed by atoms with Crippen LogP contribution in [0.2, 0.25) is 18.1 Å². The lowest BCUT2D eigenvalue weighted by molar-refractivity contribution is 0.0511. The molecule has 0 aromatic heterocycles. The van der Waals surface area contributed by atoms with Crippen LogP contribution < -0.4 is 0 Å². The summed E-state index contributed by atoms with van der Waals surface area (Å²) in [5, 5.41) is -0.143. The predicted molar refractivity (Wildman–Crippen MR) is 91.7 cm³/mol. The van der Waals surface area contributed by atoms with Gasteiger partial charge in [0.15, 0.2) is 5.76 Å². The van der Waals surface area contributed by atoms with Gasteiger partial charge in [-0.2, -0.15) is 8.78 Å². The van der Waals surface area contributed by atoms with Gasteiger partial charge in [0.05, 0.1) is 0 Å². The van der Waals surface area contributed by atoms with Crippen molar-refractivity contribution in [3.8, 4) is 0 Å². The number of benzene rings is 1. The van der Waals surface area contributed by atoms with Crippen LogP contribution in [0, 0.1) is 0 Å². The van der Waals surface area contributed by atoms with Gasteiger partial charge in [-0.15, -0.1) is 0 Å². The monoisotopic (exact) mass is 324 g/mol. The number of halogens is 2. The lowest BCUT2D eigenvalue weighted by Gasteiger charge is -2.38. The molecule has 1 aromatic carbocycles. The molecule has 1 nitrogen and oxygen atoms in total. The van der Waals surface area contributed by atoms with Crippen LogP contribution in [-0.4, -0.2) is 14.2 Å². The first-order valence-corrected chi connectivity index (χ1v) is 10.4. The Morgan fingerprint density at radius 1 is 1.18 bits per heavy atom. The fraction of sp³-hybridized carbons (Fsp3) is 0.444. The van der Waals surface area contributed by atoms with Crippen molar-refractivity contribution >= 4 is 8.32 Å². The fourth-order valence-electron chi connectivity index (χ4n) is 1.60. The SMILES string of the molecule is C=CC(F)(F)C(=CCc1ccccc1)O[Si](C)(C)C(C)(C)C. The Morgan fingerprint density at radius 3 is 2.18 bits per heavy atom. The van der Waals surface area contributed by atoms with Crippen molar-refractivity contribution < 1.29 is 13.2 Å². The van der Waals surface area contributed by atoms with Crippen molar-refractivity contribution in [2.24, 2.45) is 0 Å². The van der Waals surface area contributed by atoms with E-state index in [-0.39, 0.29) is 10.8 Å². The van der Waals surface area contributed by atoms with E-state index in [9.17, 15) is 8.78 Å². The zero-order valence-corrected chi connectivity index (χ0v) is 15.1. The quantitative estimate of drug-likeness (QED) is 0.356. The summed E-state index contributed by atoms with van der Waals surface area (Å²) < 4.78 is 34.2. The summed E-state index contributed by atoms with van der Waals surface area (Å²) in [5.74, 6) is -3.43. The molecule has 0 spiro atoms. The van der Waals surface area contributed by atoms with Crippen molar-refractivity contribution in [3.63, 3.8) is 0 Å². The van der Waals surface area contributed by atoms with Crippen LogP contribution in [0.4, 0.5) is 8.78 Å². The van der Waals surface area contributed by atoms with Crippen LogP contribution in [-0.2, 0) is 10.8 Å². The lowest BCUT2D eigenvalue weighted by atomic mass is 10.1. The van der Waals surface area contributed by atoms with Crippen LogP contribution in [0.15, 0.2) is 54.8 Å². The van der Waals surface area contributed by atoms with Gasteiger partial charge in [0.1, 0.15) is 0 Å². The second-order valence-corrected chi connectivity index (χ2v) is 11.7. The van der Waals surface area contributed by atoms with E-state index in [1.165, 1.54) is 6.08 Å². The maximum Gasteiger partial charge on any atom is 0.320 e. The molecule has 1 aromatic rings. The fourth-order valence-corrected chi connectivity index (χ4v) is 2.67. The smallest absolute Gasteiger partial charge is 0.320 e. The Balaban J connectivity index is 3.07. The molecule has 0 atom stereocenters. The van der Waals surface area contributed by atoms with E-state index in [1.54, 1.807) is 0 Å². The summed E-state index contributed by atoms with van der Waals surface area (Å²) in [6.07, 6.45) is 2.54. The van der Waals surface area contributed by atoms with E-state index < -0.39 is 14.2 Å². The van der Waals surface area contributed by atoms with Gasteiger partial charge in [0.25, 0.3) is 0 Å². The van der Waals surface area contributed by atoms with Gasteiger partial charge in [0, 0.05) is 0 Å². The van der Waals surface area contributed by atoms with Gasteiger partial charge in [-0.05, 0) is 42.3 Å². The summed E-state index contributed by atoms with van der Waals surface area (Å²) >= 11 is 0. The van der Waals surface area contributed by atoms with Crippen LogP contribution in [0.3, 0.4) is 0 Å². The summed E-state index contributed by atoms with van der Waals surface area (Å²) in [6.45, 7) is 13.3. The average Bonchev–Trinajstić information content (AvgIpc) is 2.43. The second kappa shape index (κ2) is 6.78. The van der Waals surface area contributed by atoms with Crippen molar-refractivity contribution in [3.05, 3.63) is 60.4 Å². The maximum absolute atomic E-state index is 14.1. The van der Waals surface area contributed by atoms with Gasteiger partial charge < -0.3 is 4.43 Å². The molecule has 0 heterocycles. The highest BCUT2D eigenvalue weighted by molar-refractivity contribution is 6.74. The molecular formula is C18H26F2OSi. The highest BCUT2D eigenvalue weighted by atomic mass is 28.4. The minimum absolute atomic E-state index is 0.143. The zero-order valence-electron chi connectivity index (χ0n) is 14.1. The van der Waals surface area contributed by atoms with Gasteiger partial charge in [-0.1, -0.05) is 57.7 Å². The summed E-state index contributed by atoms with van der Waals surface area (Å²) in [6, 6.07) is 9.50. The Kier molecular flexibility index (Phi) is 5.74. The second-order valence-electron chi connectivity index (χ2n) is 6.95. The van der Waals surface area contributed by atoms with Crippen molar-refractivity contribution in [2.75, 3.05) is 0 Å². The molecule has 22 heavy (non-hydrogen) atoms. The molecule has 0 bridgehead atoms. The molecule has 0 saturated heterocycles. The summed E-state index contributed by atoms with van der Waals surface area (Å²) in [7, 11) is -2.33. The van der Waals surface area contributed by atoms with Crippen LogP contribution >= 0.6 is 0 Å². The molecule has 0 unspecified atom stereocenters. The first-order chi connectivity index (χ1) is 9.99. The third kappa shape index (κ3) is 4.80. The van der Waals surface area contributed by atoms with Crippen LogP contribution in [0.5, 0.6) is 0 Å². The van der Waals surface area contributed by atoms with Crippen molar-refractivity contribution in [1.82, 2.24) is 0 Å². The highest BCUT2D eigenvalue weighted by Crippen LogP contribution is 2.40. The van der Waals surface area contributed by atoms with E-state index in [0.717, 1.165) is 5.56 Å². The minimum atomic E-state index is -3.15. The van der Waals surface area contributed by atoms with E-state index in [0.29, 0.717) is 12.5 Å². The number of hydrogen-bond acceptors (Lipinski definition) is 1. The Labute approximate surface area is 133 Å². The first-order valence-electron chi connectivity index (χ1n) is 7.44. The molecule has 0 radical (unpaired) electrons. The van der Waals surface area contributed by atoms with E-state index in [1.807, 2.05) is 64.2 Å². The van der Waals surface area contributed by atoms with Gasteiger partial charge in [-0.25, -0.2) is 0 Å². The Morgan fingerprint density at radius 2 is 1.73 bits per heavy atom. The average molecular weight is 324 g/mol. The largest absolute Gasteiger partial charge is 0.542 e. The molecule has 0 fully saturated rings.